The molecule has 0 saturated heterocycles. The van der Waals surface area contributed by atoms with Gasteiger partial charge in [-0.2, -0.15) is 0 Å². The molecule has 1 rings (SSSR count). The topological polar surface area (TPSA) is 95.5 Å². The highest BCUT2D eigenvalue weighted by molar-refractivity contribution is 5.81. The van der Waals surface area contributed by atoms with Gasteiger partial charge in [-0.25, -0.2) is 0 Å². The quantitative estimate of drug-likeness (QED) is 0.324. The lowest BCUT2D eigenvalue weighted by atomic mass is 9.88. The fourth-order valence-corrected chi connectivity index (χ4v) is 4.71. The van der Waals surface area contributed by atoms with E-state index in [1.54, 1.807) is 0 Å². The van der Waals surface area contributed by atoms with E-state index in [0.717, 1.165) is 45.1 Å². The summed E-state index contributed by atoms with van der Waals surface area (Å²) >= 11 is 0. The van der Waals surface area contributed by atoms with Gasteiger partial charge < -0.3 is 15.7 Å². The van der Waals surface area contributed by atoms with E-state index in [1.807, 2.05) is 27.7 Å². The zero-order valence-corrected chi connectivity index (χ0v) is 21.0. The molecule has 3 unspecified atom stereocenters. The number of hydrogen-bond donors (Lipinski definition) is 3. The van der Waals surface area contributed by atoms with Crippen LogP contribution in [-0.2, 0) is 14.4 Å². The van der Waals surface area contributed by atoms with Crippen molar-refractivity contribution in [3.8, 4) is 0 Å². The molecule has 186 valence electrons. The van der Waals surface area contributed by atoms with Crippen LogP contribution in [0.15, 0.2) is 0 Å². The fourth-order valence-electron chi connectivity index (χ4n) is 4.71. The Morgan fingerprint density at radius 2 is 1.47 bits per heavy atom. The van der Waals surface area contributed by atoms with E-state index in [-0.39, 0.29) is 41.4 Å². The van der Waals surface area contributed by atoms with Gasteiger partial charge in [0.25, 0.3) is 0 Å². The van der Waals surface area contributed by atoms with Gasteiger partial charge in [0, 0.05) is 30.3 Å². The molecule has 3 atom stereocenters. The van der Waals surface area contributed by atoms with Crippen molar-refractivity contribution in [2.45, 2.75) is 111 Å². The van der Waals surface area contributed by atoms with Crippen molar-refractivity contribution in [1.29, 1.82) is 0 Å². The van der Waals surface area contributed by atoms with Crippen LogP contribution in [0.25, 0.3) is 0 Å². The highest BCUT2D eigenvalue weighted by Crippen LogP contribution is 2.24. The first-order valence-electron chi connectivity index (χ1n) is 13.0. The number of nitrogens with one attached hydrogen (secondary N) is 2. The smallest absolute Gasteiger partial charge is 0.223 e. The van der Waals surface area contributed by atoms with Crippen LogP contribution in [0.1, 0.15) is 105 Å². The maximum Gasteiger partial charge on any atom is 0.223 e. The molecule has 1 aliphatic rings. The van der Waals surface area contributed by atoms with Gasteiger partial charge in [-0.3, -0.25) is 14.4 Å². The minimum atomic E-state index is -0.413. The average molecular weight is 453 g/mol. The van der Waals surface area contributed by atoms with Crippen molar-refractivity contribution in [1.82, 2.24) is 10.6 Å². The third kappa shape index (κ3) is 11.4. The van der Waals surface area contributed by atoms with Gasteiger partial charge in [0.2, 0.25) is 11.8 Å². The number of aliphatic hydroxyl groups is 1. The van der Waals surface area contributed by atoms with Crippen LogP contribution in [0.5, 0.6) is 0 Å². The Bertz CT molecular complexity index is 558. The highest BCUT2D eigenvalue weighted by atomic mass is 16.3. The first-order chi connectivity index (χ1) is 15.3. The Morgan fingerprint density at radius 3 is 2.03 bits per heavy atom. The summed E-state index contributed by atoms with van der Waals surface area (Å²) in [7, 11) is 0. The molecule has 0 bridgehead atoms. The molecule has 0 aromatic carbocycles. The van der Waals surface area contributed by atoms with Crippen LogP contribution < -0.4 is 10.6 Å². The van der Waals surface area contributed by atoms with Crippen LogP contribution in [-0.4, -0.2) is 41.9 Å². The number of carbonyl (C=O) groups is 3. The Hall–Kier alpha value is -1.43. The van der Waals surface area contributed by atoms with Gasteiger partial charge in [0.1, 0.15) is 6.61 Å². The first kappa shape index (κ1) is 28.6. The molecule has 2 amide bonds. The molecule has 6 heteroatoms. The molecule has 1 saturated carbocycles. The van der Waals surface area contributed by atoms with E-state index in [2.05, 4.69) is 10.6 Å². The second kappa shape index (κ2) is 16.2. The largest absolute Gasteiger partial charge is 0.389 e. The van der Waals surface area contributed by atoms with E-state index in [4.69, 9.17) is 5.11 Å². The molecule has 0 radical (unpaired) electrons. The lowest BCUT2D eigenvalue weighted by Crippen LogP contribution is -2.36. The second-order valence-corrected chi connectivity index (χ2v) is 10.1. The lowest BCUT2D eigenvalue weighted by Gasteiger charge is -2.24. The normalized spacial score (nSPS) is 17.6. The fraction of sp³-hybridized carbons (Fsp3) is 0.885. The summed E-state index contributed by atoms with van der Waals surface area (Å²) in [6.07, 6.45) is 11.7. The van der Waals surface area contributed by atoms with Crippen LogP contribution in [0.4, 0.5) is 0 Å². The summed E-state index contributed by atoms with van der Waals surface area (Å²) in [5.41, 5.74) is 0. The van der Waals surface area contributed by atoms with Gasteiger partial charge in [-0.15, -0.1) is 0 Å². The molecule has 0 aliphatic heterocycles. The number of ketones is 1. The van der Waals surface area contributed by atoms with Crippen molar-refractivity contribution in [2.75, 3.05) is 13.2 Å². The zero-order valence-electron chi connectivity index (χ0n) is 21.0. The minimum Gasteiger partial charge on any atom is -0.389 e. The van der Waals surface area contributed by atoms with Crippen molar-refractivity contribution < 1.29 is 19.5 Å². The number of carbonyl (C=O) groups excluding carboxylic acids is 3. The van der Waals surface area contributed by atoms with Crippen LogP contribution >= 0.6 is 0 Å². The number of aliphatic hydroxyl groups excluding tert-OH is 1. The summed E-state index contributed by atoms with van der Waals surface area (Å²) in [5.74, 6) is 0.430. The molecule has 32 heavy (non-hydrogen) atoms. The summed E-state index contributed by atoms with van der Waals surface area (Å²) in [4.78, 5) is 37.0. The Morgan fingerprint density at radius 1 is 0.875 bits per heavy atom. The Kier molecular flexibility index (Phi) is 14.5. The standard InChI is InChI=1S/C26H48N2O4/c1-5-22(26(32)28-19(2)3)14-10-16-23(15-9-11-20(4)24(30)18-29)25(31)27-17-21-12-7-6-8-13-21/h19-23,29H,5-18H2,1-4H3,(H,27,31)(H,28,32). The third-order valence-electron chi connectivity index (χ3n) is 6.96. The summed E-state index contributed by atoms with van der Waals surface area (Å²) in [6.45, 7) is 8.18. The van der Waals surface area contributed by atoms with Crippen molar-refractivity contribution in [3.63, 3.8) is 0 Å². The minimum absolute atomic E-state index is 0.00875. The van der Waals surface area contributed by atoms with E-state index in [9.17, 15) is 14.4 Å². The molecule has 0 heterocycles. The molecule has 1 fully saturated rings. The Balaban J connectivity index is 2.57. The van der Waals surface area contributed by atoms with Gasteiger partial charge in [-0.05, 0) is 64.7 Å². The molecule has 0 aromatic rings. The predicted molar refractivity (Wildman–Crippen MR) is 129 cm³/mol. The van der Waals surface area contributed by atoms with Gasteiger partial charge in [-0.1, -0.05) is 46.0 Å². The average Bonchev–Trinajstić information content (AvgIpc) is 2.78. The predicted octanol–water partition coefficient (Wildman–Crippen LogP) is 4.39. The third-order valence-corrected chi connectivity index (χ3v) is 6.96. The van der Waals surface area contributed by atoms with Gasteiger partial charge in [0.05, 0.1) is 0 Å². The lowest BCUT2D eigenvalue weighted by molar-refractivity contribution is -0.126. The van der Waals surface area contributed by atoms with E-state index >= 15 is 0 Å². The van der Waals surface area contributed by atoms with E-state index < -0.39 is 6.61 Å². The summed E-state index contributed by atoms with van der Waals surface area (Å²) < 4.78 is 0. The number of Topliss-reactive ketones (excluding diaryl/α,β-unsaturated/α-hetero) is 1. The van der Waals surface area contributed by atoms with Crippen molar-refractivity contribution in [3.05, 3.63) is 0 Å². The number of hydrogen-bond acceptors (Lipinski definition) is 4. The molecular weight excluding hydrogens is 404 g/mol. The van der Waals surface area contributed by atoms with Crippen LogP contribution in [0.2, 0.25) is 0 Å². The van der Waals surface area contributed by atoms with Crippen molar-refractivity contribution >= 4 is 17.6 Å². The highest BCUT2D eigenvalue weighted by Gasteiger charge is 2.23. The molecule has 0 aromatic heterocycles. The number of amides is 2. The molecular formula is C26H48N2O4. The first-order valence-corrected chi connectivity index (χ1v) is 13.0. The van der Waals surface area contributed by atoms with Crippen LogP contribution in [0, 0.1) is 23.7 Å². The van der Waals surface area contributed by atoms with Gasteiger partial charge in [0.15, 0.2) is 5.78 Å². The summed E-state index contributed by atoms with van der Waals surface area (Å²) in [6, 6.07) is 0.137. The summed E-state index contributed by atoms with van der Waals surface area (Å²) in [5, 5.41) is 15.2. The molecule has 6 nitrogen and oxygen atoms in total. The Labute approximate surface area is 195 Å². The molecule has 0 spiro atoms. The maximum absolute atomic E-state index is 13.0. The van der Waals surface area contributed by atoms with E-state index in [1.165, 1.54) is 32.1 Å². The second-order valence-electron chi connectivity index (χ2n) is 10.1. The van der Waals surface area contributed by atoms with Crippen molar-refractivity contribution in [2.24, 2.45) is 23.7 Å². The van der Waals surface area contributed by atoms with Gasteiger partial charge >= 0.3 is 0 Å². The monoisotopic (exact) mass is 452 g/mol. The number of rotatable bonds is 16. The SMILES string of the molecule is CCC(CCCC(CCCC(C)C(=O)CO)C(=O)NCC1CCCCC1)C(=O)NC(C)C. The zero-order chi connectivity index (χ0) is 23.9. The van der Waals surface area contributed by atoms with E-state index in [0.29, 0.717) is 12.3 Å². The molecule has 1 aliphatic carbocycles. The van der Waals surface area contributed by atoms with Crippen LogP contribution in [0.3, 0.4) is 0 Å². The maximum atomic E-state index is 13.0. The molecule has 3 N–H and O–H groups in total.